The summed E-state index contributed by atoms with van der Waals surface area (Å²) in [7, 11) is 0. The number of carbonyl (C=O) groups excluding carboxylic acids is 1. The van der Waals surface area contributed by atoms with Crippen LogP contribution in [0.1, 0.15) is 59.5 Å². The standard InChI is InChI=1S/C24H28N6O/c1-15-7-8-16(2)18(13-15)19-14-22(31)25-24-23(19)17(3)28-30(24)21-10-9-20(26-27-21)29-11-5-4-6-12-29/h7-10,13,19H,4-6,11-12,14H2,1-3H3,(H,25,31)/t19-/m1/s1. The average Bonchev–Trinajstić information content (AvgIpc) is 3.12. The Kier molecular flexibility index (Phi) is 4.96. The number of aryl methyl sites for hydroxylation is 3. The summed E-state index contributed by atoms with van der Waals surface area (Å²) in [4.78, 5) is 14.9. The van der Waals surface area contributed by atoms with E-state index in [0.717, 1.165) is 30.2 Å². The van der Waals surface area contributed by atoms with Crippen molar-refractivity contribution in [2.75, 3.05) is 23.3 Å². The van der Waals surface area contributed by atoms with Crippen molar-refractivity contribution in [1.29, 1.82) is 0 Å². The van der Waals surface area contributed by atoms with Crippen molar-refractivity contribution in [3.05, 3.63) is 58.3 Å². The van der Waals surface area contributed by atoms with Crippen LogP contribution in [0.25, 0.3) is 5.82 Å². The van der Waals surface area contributed by atoms with Gasteiger partial charge in [0.25, 0.3) is 0 Å². The van der Waals surface area contributed by atoms with Crippen LogP contribution in [0.4, 0.5) is 11.6 Å². The highest BCUT2D eigenvalue weighted by molar-refractivity contribution is 5.95. The van der Waals surface area contributed by atoms with Crippen LogP contribution in [0, 0.1) is 20.8 Å². The summed E-state index contributed by atoms with van der Waals surface area (Å²) < 4.78 is 1.73. The summed E-state index contributed by atoms with van der Waals surface area (Å²) in [6, 6.07) is 10.4. The number of benzene rings is 1. The molecule has 2 aliphatic rings. The van der Waals surface area contributed by atoms with E-state index in [9.17, 15) is 4.79 Å². The Labute approximate surface area is 182 Å². The van der Waals surface area contributed by atoms with Gasteiger partial charge in [-0.25, -0.2) is 0 Å². The van der Waals surface area contributed by atoms with Crippen molar-refractivity contribution in [3.63, 3.8) is 0 Å². The molecule has 1 aromatic carbocycles. The molecule has 7 nitrogen and oxygen atoms in total. The van der Waals surface area contributed by atoms with Gasteiger partial charge in [-0.05, 0) is 63.3 Å². The molecule has 0 unspecified atom stereocenters. The zero-order chi connectivity index (χ0) is 21.5. The molecule has 5 rings (SSSR count). The smallest absolute Gasteiger partial charge is 0.226 e. The first kappa shape index (κ1) is 19.7. The van der Waals surface area contributed by atoms with Gasteiger partial charge in [0.1, 0.15) is 5.82 Å². The van der Waals surface area contributed by atoms with E-state index in [2.05, 4.69) is 52.5 Å². The molecule has 0 spiro atoms. The highest BCUT2D eigenvalue weighted by atomic mass is 16.1. The summed E-state index contributed by atoms with van der Waals surface area (Å²) in [5, 5.41) is 16.7. The van der Waals surface area contributed by atoms with E-state index in [4.69, 9.17) is 5.10 Å². The van der Waals surface area contributed by atoms with E-state index in [1.807, 2.05) is 19.1 Å². The fraction of sp³-hybridized carbons (Fsp3) is 0.417. The van der Waals surface area contributed by atoms with Crippen molar-refractivity contribution >= 4 is 17.5 Å². The summed E-state index contributed by atoms with van der Waals surface area (Å²) in [5.41, 5.74) is 5.54. The Hall–Kier alpha value is -3.22. The van der Waals surface area contributed by atoms with Gasteiger partial charge in [0, 0.05) is 31.0 Å². The van der Waals surface area contributed by atoms with Gasteiger partial charge in [-0.3, -0.25) is 4.79 Å². The molecule has 0 aliphatic carbocycles. The third-order valence-corrected chi connectivity index (χ3v) is 6.45. The number of aromatic nitrogens is 4. The van der Waals surface area contributed by atoms with E-state index in [-0.39, 0.29) is 11.8 Å². The molecule has 1 saturated heterocycles. The predicted octanol–water partition coefficient (Wildman–Crippen LogP) is 4.05. The molecule has 0 bridgehead atoms. The first-order chi connectivity index (χ1) is 15.0. The predicted molar refractivity (Wildman–Crippen MR) is 121 cm³/mol. The second kappa shape index (κ2) is 7.80. The minimum absolute atomic E-state index is 0.00236. The maximum Gasteiger partial charge on any atom is 0.226 e. The summed E-state index contributed by atoms with van der Waals surface area (Å²) >= 11 is 0. The molecule has 1 N–H and O–H groups in total. The molecular formula is C24H28N6O. The SMILES string of the molecule is Cc1ccc(C)c([C@H]2CC(=O)Nc3c2c(C)nn3-c2ccc(N3CCCCC3)nn2)c1. The van der Waals surface area contributed by atoms with Gasteiger partial charge in [-0.1, -0.05) is 23.8 Å². The van der Waals surface area contributed by atoms with Crippen molar-refractivity contribution in [2.24, 2.45) is 0 Å². The van der Waals surface area contributed by atoms with E-state index >= 15 is 0 Å². The number of fused-ring (bicyclic) bond motifs is 1. The Morgan fingerprint density at radius 3 is 2.45 bits per heavy atom. The van der Waals surface area contributed by atoms with Crippen LogP contribution >= 0.6 is 0 Å². The lowest BCUT2D eigenvalue weighted by molar-refractivity contribution is -0.116. The number of piperidine rings is 1. The van der Waals surface area contributed by atoms with Crippen molar-refractivity contribution in [1.82, 2.24) is 20.0 Å². The minimum atomic E-state index is -0.0158. The number of rotatable bonds is 3. The second-order valence-electron chi connectivity index (χ2n) is 8.72. The quantitative estimate of drug-likeness (QED) is 0.697. The Morgan fingerprint density at radius 2 is 1.71 bits per heavy atom. The molecule has 7 heteroatoms. The first-order valence-electron chi connectivity index (χ1n) is 11.1. The summed E-state index contributed by atoms with van der Waals surface area (Å²) in [5.74, 6) is 2.21. The highest BCUT2D eigenvalue weighted by Crippen LogP contribution is 2.41. The zero-order valence-electron chi connectivity index (χ0n) is 18.4. The third kappa shape index (κ3) is 3.58. The first-order valence-corrected chi connectivity index (χ1v) is 11.1. The van der Waals surface area contributed by atoms with Crippen LogP contribution < -0.4 is 10.2 Å². The number of hydrogen-bond acceptors (Lipinski definition) is 5. The van der Waals surface area contributed by atoms with Gasteiger partial charge in [0.15, 0.2) is 11.6 Å². The molecule has 4 heterocycles. The van der Waals surface area contributed by atoms with Crippen molar-refractivity contribution < 1.29 is 4.79 Å². The van der Waals surface area contributed by atoms with Crippen LogP contribution in [0.2, 0.25) is 0 Å². The van der Waals surface area contributed by atoms with E-state index in [0.29, 0.717) is 18.1 Å². The van der Waals surface area contributed by atoms with Crippen LogP contribution in [-0.4, -0.2) is 39.0 Å². The summed E-state index contributed by atoms with van der Waals surface area (Å²) in [6.45, 7) is 8.24. The number of anilines is 2. The van der Waals surface area contributed by atoms with Gasteiger partial charge < -0.3 is 10.2 Å². The lowest BCUT2D eigenvalue weighted by Gasteiger charge is -2.27. The molecule has 2 aliphatic heterocycles. The van der Waals surface area contributed by atoms with Crippen LogP contribution in [-0.2, 0) is 4.79 Å². The molecule has 160 valence electrons. The maximum absolute atomic E-state index is 12.7. The van der Waals surface area contributed by atoms with Gasteiger partial charge in [-0.2, -0.15) is 9.78 Å². The van der Waals surface area contributed by atoms with Gasteiger partial charge in [-0.15, -0.1) is 10.2 Å². The van der Waals surface area contributed by atoms with Gasteiger partial charge in [0.05, 0.1) is 5.69 Å². The lowest BCUT2D eigenvalue weighted by atomic mass is 9.83. The lowest BCUT2D eigenvalue weighted by Crippen LogP contribution is -2.30. The largest absolute Gasteiger partial charge is 0.355 e. The van der Waals surface area contributed by atoms with Gasteiger partial charge in [0.2, 0.25) is 5.91 Å². The number of carbonyl (C=O) groups is 1. The van der Waals surface area contributed by atoms with Crippen molar-refractivity contribution in [2.45, 2.75) is 52.4 Å². The summed E-state index contributed by atoms with van der Waals surface area (Å²) in [6.07, 6.45) is 4.09. The van der Waals surface area contributed by atoms with Crippen LogP contribution in [0.15, 0.2) is 30.3 Å². The normalized spacial score (nSPS) is 18.6. The van der Waals surface area contributed by atoms with E-state index in [1.54, 1.807) is 4.68 Å². The van der Waals surface area contributed by atoms with Crippen molar-refractivity contribution in [3.8, 4) is 5.82 Å². The number of nitrogens with one attached hydrogen (secondary N) is 1. The van der Waals surface area contributed by atoms with Crippen LogP contribution in [0.3, 0.4) is 0 Å². The molecular weight excluding hydrogens is 388 g/mol. The average molecular weight is 417 g/mol. The molecule has 1 atom stereocenters. The highest BCUT2D eigenvalue weighted by Gasteiger charge is 2.33. The Bertz CT molecular complexity index is 1130. The fourth-order valence-corrected chi connectivity index (χ4v) is 4.84. The Morgan fingerprint density at radius 1 is 0.968 bits per heavy atom. The molecule has 1 amide bonds. The third-order valence-electron chi connectivity index (χ3n) is 6.45. The molecule has 1 fully saturated rings. The topological polar surface area (TPSA) is 75.9 Å². The minimum Gasteiger partial charge on any atom is -0.355 e. The number of amides is 1. The molecule has 3 aromatic rings. The van der Waals surface area contributed by atoms with E-state index in [1.165, 1.54) is 36.0 Å². The maximum atomic E-state index is 12.7. The number of nitrogens with zero attached hydrogens (tertiary/aromatic N) is 5. The van der Waals surface area contributed by atoms with E-state index < -0.39 is 0 Å². The zero-order valence-corrected chi connectivity index (χ0v) is 18.4. The molecule has 0 radical (unpaired) electrons. The monoisotopic (exact) mass is 416 g/mol. The van der Waals surface area contributed by atoms with Gasteiger partial charge >= 0.3 is 0 Å². The molecule has 31 heavy (non-hydrogen) atoms. The molecule has 2 aromatic heterocycles. The molecule has 0 saturated carbocycles. The Balaban J connectivity index is 1.54. The van der Waals surface area contributed by atoms with Crippen LogP contribution in [0.5, 0.6) is 0 Å². The number of hydrogen-bond donors (Lipinski definition) is 1. The second-order valence-corrected chi connectivity index (χ2v) is 8.72. The fourth-order valence-electron chi connectivity index (χ4n) is 4.84.